The molecule has 4 rings (SSSR count). The second-order valence-electron chi connectivity index (χ2n) is 8.07. The number of amides is 2. The van der Waals surface area contributed by atoms with Crippen molar-refractivity contribution in [2.45, 2.75) is 26.0 Å². The number of carbonyl (C=O) groups is 2. The highest BCUT2D eigenvalue weighted by Crippen LogP contribution is 2.29. The van der Waals surface area contributed by atoms with Crippen LogP contribution in [0.3, 0.4) is 0 Å². The molecule has 0 aliphatic carbocycles. The third-order valence-corrected chi connectivity index (χ3v) is 5.67. The number of hydrogen-bond acceptors (Lipinski definition) is 4. The summed E-state index contributed by atoms with van der Waals surface area (Å²) in [6, 6.07) is 21.6. The Morgan fingerprint density at radius 1 is 1.03 bits per heavy atom. The standard InChI is InChI=1S/C25H22ClN3O3S/c1-25(2,32-20-13-7-17(26)8-14-20)23(31)28-24(33)27-18-9-11-19(12-10-18)29-15-16-5-3-4-6-21(16)22(29)30/h3-14H,15H2,1-2H3,(H2,27,28,31,33). The van der Waals surface area contributed by atoms with Crippen molar-refractivity contribution in [1.82, 2.24) is 5.32 Å². The van der Waals surface area contributed by atoms with Gasteiger partial charge >= 0.3 is 0 Å². The molecule has 1 aliphatic heterocycles. The van der Waals surface area contributed by atoms with E-state index in [0.717, 1.165) is 16.8 Å². The largest absolute Gasteiger partial charge is 0.478 e. The van der Waals surface area contributed by atoms with E-state index in [9.17, 15) is 9.59 Å². The highest BCUT2D eigenvalue weighted by Gasteiger charge is 2.31. The van der Waals surface area contributed by atoms with Crippen molar-refractivity contribution in [2.75, 3.05) is 10.2 Å². The summed E-state index contributed by atoms with van der Waals surface area (Å²) in [6.07, 6.45) is 0. The monoisotopic (exact) mass is 479 g/mol. The molecular weight excluding hydrogens is 458 g/mol. The SMILES string of the molecule is CC(C)(Oc1ccc(Cl)cc1)C(=O)NC(=S)Nc1ccc(N2Cc3ccccc3C2=O)cc1. The van der Waals surface area contributed by atoms with Gasteiger partial charge in [0.25, 0.3) is 11.8 Å². The second kappa shape index (κ2) is 9.21. The van der Waals surface area contributed by atoms with Crippen LogP contribution in [0.1, 0.15) is 29.8 Å². The molecule has 0 saturated heterocycles. The zero-order chi connectivity index (χ0) is 23.6. The Kier molecular flexibility index (Phi) is 6.35. The average Bonchev–Trinajstić information content (AvgIpc) is 3.12. The van der Waals surface area contributed by atoms with Gasteiger partial charge in [0, 0.05) is 22.0 Å². The molecule has 8 heteroatoms. The lowest BCUT2D eigenvalue weighted by atomic mass is 10.1. The summed E-state index contributed by atoms with van der Waals surface area (Å²) in [5.74, 6) is 0.108. The van der Waals surface area contributed by atoms with E-state index < -0.39 is 11.5 Å². The van der Waals surface area contributed by atoms with Crippen LogP contribution in [0, 0.1) is 0 Å². The maximum absolute atomic E-state index is 12.7. The minimum Gasteiger partial charge on any atom is -0.478 e. The molecule has 1 aliphatic rings. The molecule has 0 fully saturated rings. The van der Waals surface area contributed by atoms with Gasteiger partial charge in [0.15, 0.2) is 10.7 Å². The summed E-state index contributed by atoms with van der Waals surface area (Å²) < 4.78 is 5.78. The Balaban J connectivity index is 1.34. The zero-order valence-electron chi connectivity index (χ0n) is 18.1. The fourth-order valence-electron chi connectivity index (χ4n) is 3.45. The molecule has 2 N–H and O–H groups in total. The van der Waals surface area contributed by atoms with Crippen LogP contribution in [-0.4, -0.2) is 22.5 Å². The molecule has 0 bridgehead atoms. The summed E-state index contributed by atoms with van der Waals surface area (Å²) in [7, 11) is 0. The molecule has 3 aromatic carbocycles. The van der Waals surface area contributed by atoms with Crippen LogP contribution in [-0.2, 0) is 11.3 Å². The molecular formula is C25H22ClN3O3S. The number of anilines is 2. The van der Waals surface area contributed by atoms with Crippen molar-refractivity contribution in [3.63, 3.8) is 0 Å². The summed E-state index contributed by atoms with van der Waals surface area (Å²) in [6.45, 7) is 3.85. The van der Waals surface area contributed by atoms with Crippen LogP contribution in [0.4, 0.5) is 11.4 Å². The van der Waals surface area contributed by atoms with Crippen molar-refractivity contribution >= 4 is 52.1 Å². The topological polar surface area (TPSA) is 70.7 Å². The van der Waals surface area contributed by atoms with Gasteiger partial charge in [-0.05, 0) is 86.2 Å². The highest BCUT2D eigenvalue weighted by atomic mass is 35.5. The van der Waals surface area contributed by atoms with E-state index in [4.69, 9.17) is 28.6 Å². The van der Waals surface area contributed by atoms with Crippen molar-refractivity contribution in [3.8, 4) is 5.75 Å². The van der Waals surface area contributed by atoms with Crippen LogP contribution in [0.2, 0.25) is 5.02 Å². The molecule has 168 valence electrons. The Morgan fingerprint density at radius 2 is 1.70 bits per heavy atom. The first-order valence-electron chi connectivity index (χ1n) is 10.3. The van der Waals surface area contributed by atoms with Crippen LogP contribution in [0.25, 0.3) is 0 Å². The first-order chi connectivity index (χ1) is 15.7. The summed E-state index contributed by atoms with van der Waals surface area (Å²) in [4.78, 5) is 27.0. The van der Waals surface area contributed by atoms with E-state index in [0.29, 0.717) is 23.0 Å². The number of ether oxygens (including phenoxy) is 1. The lowest BCUT2D eigenvalue weighted by Gasteiger charge is -2.25. The Labute approximate surface area is 202 Å². The van der Waals surface area contributed by atoms with Gasteiger partial charge in [0.2, 0.25) is 0 Å². The molecule has 0 spiro atoms. The van der Waals surface area contributed by atoms with Crippen LogP contribution in [0.15, 0.2) is 72.8 Å². The maximum atomic E-state index is 12.7. The van der Waals surface area contributed by atoms with Gasteiger partial charge in [0.1, 0.15) is 5.75 Å². The van der Waals surface area contributed by atoms with Crippen molar-refractivity contribution in [3.05, 3.63) is 88.9 Å². The van der Waals surface area contributed by atoms with E-state index in [1.807, 2.05) is 36.4 Å². The molecule has 33 heavy (non-hydrogen) atoms. The van der Waals surface area contributed by atoms with E-state index in [2.05, 4.69) is 10.6 Å². The van der Waals surface area contributed by atoms with Crippen LogP contribution >= 0.6 is 23.8 Å². The minimum atomic E-state index is -1.16. The van der Waals surface area contributed by atoms with Gasteiger partial charge in [-0.15, -0.1) is 0 Å². The van der Waals surface area contributed by atoms with Gasteiger partial charge in [-0.1, -0.05) is 29.8 Å². The lowest BCUT2D eigenvalue weighted by molar-refractivity contribution is -0.132. The van der Waals surface area contributed by atoms with E-state index in [1.54, 1.807) is 55.1 Å². The van der Waals surface area contributed by atoms with Crippen molar-refractivity contribution in [1.29, 1.82) is 0 Å². The van der Waals surface area contributed by atoms with E-state index >= 15 is 0 Å². The number of fused-ring (bicyclic) bond motifs is 1. The van der Waals surface area contributed by atoms with Crippen LogP contribution < -0.4 is 20.3 Å². The van der Waals surface area contributed by atoms with Gasteiger partial charge in [-0.2, -0.15) is 0 Å². The fourth-order valence-corrected chi connectivity index (χ4v) is 3.78. The third kappa shape index (κ3) is 5.16. The minimum absolute atomic E-state index is 0.0167. The molecule has 3 aromatic rings. The molecule has 0 saturated carbocycles. The number of benzene rings is 3. The second-order valence-corrected chi connectivity index (χ2v) is 8.91. The smallest absolute Gasteiger partial charge is 0.269 e. The van der Waals surface area contributed by atoms with Gasteiger partial charge in [0.05, 0.1) is 6.54 Å². The number of hydrogen-bond donors (Lipinski definition) is 2. The number of nitrogens with zero attached hydrogens (tertiary/aromatic N) is 1. The van der Waals surface area contributed by atoms with Gasteiger partial charge in [-0.25, -0.2) is 0 Å². The molecule has 0 unspecified atom stereocenters. The predicted molar refractivity (Wildman–Crippen MR) is 134 cm³/mol. The van der Waals surface area contributed by atoms with Crippen molar-refractivity contribution in [2.24, 2.45) is 0 Å². The molecule has 0 radical (unpaired) electrons. The Hall–Kier alpha value is -3.42. The molecule has 0 aromatic heterocycles. The van der Waals surface area contributed by atoms with E-state index in [-0.39, 0.29) is 11.0 Å². The Morgan fingerprint density at radius 3 is 2.36 bits per heavy atom. The number of carbonyl (C=O) groups excluding carboxylic acids is 2. The van der Waals surface area contributed by atoms with Crippen LogP contribution in [0.5, 0.6) is 5.75 Å². The summed E-state index contributed by atoms with van der Waals surface area (Å²) >= 11 is 11.2. The van der Waals surface area contributed by atoms with Crippen molar-refractivity contribution < 1.29 is 14.3 Å². The molecule has 1 heterocycles. The third-order valence-electron chi connectivity index (χ3n) is 5.22. The fraction of sp³-hybridized carbons (Fsp3) is 0.160. The molecule has 2 amide bonds. The molecule has 0 atom stereocenters. The lowest BCUT2D eigenvalue weighted by Crippen LogP contribution is -2.49. The average molecular weight is 480 g/mol. The quantitative estimate of drug-likeness (QED) is 0.494. The number of halogens is 1. The first-order valence-corrected chi connectivity index (χ1v) is 11.1. The normalized spacial score (nSPS) is 12.8. The number of rotatable bonds is 5. The maximum Gasteiger partial charge on any atom is 0.269 e. The van der Waals surface area contributed by atoms with Gasteiger partial charge in [-0.3, -0.25) is 14.9 Å². The summed E-state index contributed by atoms with van der Waals surface area (Å²) in [5.41, 5.74) is 2.05. The zero-order valence-corrected chi connectivity index (χ0v) is 19.7. The predicted octanol–water partition coefficient (Wildman–Crippen LogP) is 5.17. The number of nitrogens with one attached hydrogen (secondary N) is 2. The number of thiocarbonyl (C=S) groups is 1. The first kappa shape index (κ1) is 22.8. The Bertz CT molecular complexity index is 1210. The van der Waals surface area contributed by atoms with Gasteiger partial charge < -0.3 is 15.0 Å². The molecule has 6 nitrogen and oxygen atoms in total. The highest BCUT2D eigenvalue weighted by molar-refractivity contribution is 7.80. The van der Waals surface area contributed by atoms with E-state index in [1.165, 1.54) is 0 Å². The summed E-state index contributed by atoms with van der Waals surface area (Å²) in [5, 5.41) is 6.37.